The molecular formula is C15H25NO2. The summed E-state index contributed by atoms with van der Waals surface area (Å²) in [5.74, 6) is 0.297. The molecular weight excluding hydrogens is 226 g/mol. The zero-order valence-electron chi connectivity index (χ0n) is 12.2. The largest absolute Gasteiger partial charge is 0.507 e. The van der Waals surface area contributed by atoms with Gasteiger partial charge < -0.3 is 10.2 Å². The van der Waals surface area contributed by atoms with Crippen LogP contribution in [-0.2, 0) is 0 Å². The summed E-state index contributed by atoms with van der Waals surface area (Å²) in [6.07, 6.45) is 0. The van der Waals surface area contributed by atoms with E-state index in [0.29, 0.717) is 11.6 Å². The Kier molecular flexibility index (Phi) is 4.28. The summed E-state index contributed by atoms with van der Waals surface area (Å²) in [4.78, 5) is 2.18. The first-order valence-electron chi connectivity index (χ1n) is 6.39. The molecule has 0 aliphatic heterocycles. The molecule has 3 heteroatoms. The number of benzene rings is 1. The van der Waals surface area contributed by atoms with Gasteiger partial charge in [-0.3, -0.25) is 4.90 Å². The maximum Gasteiger partial charge on any atom is 0.124 e. The lowest BCUT2D eigenvalue weighted by molar-refractivity contribution is 0.102. The van der Waals surface area contributed by atoms with Gasteiger partial charge in [-0.15, -0.1) is 0 Å². The highest BCUT2D eigenvalue weighted by molar-refractivity contribution is 5.45. The van der Waals surface area contributed by atoms with Crippen molar-refractivity contribution in [3.63, 3.8) is 0 Å². The van der Waals surface area contributed by atoms with E-state index in [1.54, 1.807) is 18.2 Å². The standard InChI is InChI=1S/C15H25NO2/c1-10(16(6)11(2)15(3,4)5)14-12(17)8-7-9-13(14)18/h7-11,17-18H,1-6H3. The molecule has 102 valence electrons. The molecule has 0 saturated heterocycles. The Hall–Kier alpha value is -1.22. The Balaban J connectivity index is 3.04. The molecule has 0 saturated carbocycles. The highest BCUT2D eigenvalue weighted by Crippen LogP contribution is 2.37. The predicted octanol–water partition coefficient (Wildman–Crippen LogP) is 3.53. The fraction of sp³-hybridized carbons (Fsp3) is 0.600. The van der Waals surface area contributed by atoms with Gasteiger partial charge in [-0.05, 0) is 38.4 Å². The van der Waals surface area contributed by atoms with E-state index in [2.05, 4.69) is 32.6 Å². The van der Waals surface area contributed by atoms with Gasteiger partial charge in [0.1, 0.15) is 11.5 Å². The lowest BCUT2D eigenvalue weighted by atomic mass is 9.86. The van der Waals surface area contributed by atoms with Gasteiger partial charge >= 0.3 is 0 Å². The molecule has 0 bridgehead atoms. The average molecular weight is 251 g/mol. The molecule has 2 atom stereocenters. The molecule has 0 aliphatic carbocycles. The van der Waals surface area contributed by atoms with Crippen LogP contribution in [0.15, 0.2) is 18.2 Å². The van der Waals surface area contributed by atoms with Gasteiger partial charge in [0.05, 0.1) is 5.56 Å². The van der Waals surface area contributed by atoms with Crippen molar-refractivity contribution in [1.29, 1.82) is 0 Å². The van der Waals surface area contributed by atoms with Gasteiger partial charge in [0.15, 0.2) is 0 Å². The Labute approximate surface area is 110 Å². The molecule has 1 aromatic carbocycles. The van der Waals surface area contributed by atoms with Crippen LogP contribution in [0, 0.1) is 5.41 Å². The zero-order valence-corrected chi connectivity index (χ0v) is 12.2. The first-order valence-corrected chi connectivity index (χ1v) is 6.39. The summed E-state index contributed by atoms with van der Waals surface area (Å²) in [7, 11) is 2.02. The molecule has 2 unspecified atom stereocenters. The highest BCUT2D eigenvalue weighted by atomic mass is 16.3. The van der Waals surface area contributed by atoms with E-state index in [0.717, 1.165) is 0 Å². The minimum absolute atomic E-state index is 0.0413. The Morgan fingerprint density at radius 3 is 1.89 bits per heavy atom. The number of hydrogen-bond donors (Lipinski definition) is 2. The van der Waals surface area contributed by atoms with Gasteiger partial charge in [0, 0.05) is 12.1 Å². The van der Waals surface area contributed by atoms with Crippen molar-refractivity contribution in [2.24, 2.45) is 5.41 Å². The average Bonchev–Trinajstić information content (AvgIpc) is 2.25. The monoisotopic (exact) mass is 251 g/mol. The number of aromatic hydroxyl groups is 2. The number of rotatable bonds is 3. The smallest absolute Gasteiger partial charge is 0.124 e. The number of nitrogens with zero attached hydrogens (tertiary/aromatic N) is 1. The molecule has 1 aromatic rings. The van der Waals surface area contributed by atoms with Crippen LogP contribution in [0.5, 0.6) is 11.5 Å². The van der Waals surface area contributed by atoms with Crippen LogP contribution in [0.4, 0.5) is 0 Å². The maximum absolute atomic E-state index is 9.91. The molecule has 0 radical (unpaired) electrons. The van der Waals surface area contributed by atoms with Crippen molar-refractivity contribution in [2.45, 2.75) is 46.7 Å². The predicted molar refractivity (Wildman–Crippen MR) is 74.9 cm³/mol. The summed E-state index contributed by atoms with van der Waals surface area (Å²) in [6, 6.07) is 5.16. The van der Waals surface area contributed by atoms with Crippen molar-refractivity contribution < 1.29 is 10.2 Å². The summed E-state index contributed by atoms with van der Waals surface area (Å²) in [5, 5.41) is 19.8. The zero-order chi connectivity index (χ0) is 14.1. The fourth-order valence-corrected chi connectivity index (χ4v) is 2.12. The van der Waals surface area contributed by atoms with E-state index in [-0.39, 0.29) is 23.0 Å². The highest BCUT2D eigenvalue weighted by Gasteiger charge is 2.29. The van der Waals surface area contributed by atoms with E-state index >= 15 is 0 Å². The summed E-state index contributed by atoms with van der Waals surface area (Å²) < 4.78 is 0. The van der Waals surface area contributed by atoms with Gasteiger partial charge in [0.2, 0.25) is 0 Å². The number of hydrogen-bond acceptors (Lipinski definition) is 3. The molecule has 3 nitrogen and oxygen atoms in total. The third-order valence-electron chi connectivity index (χ3n) is 3.95. The van der Waals surface area contributed by atoms with Crippen LogP contribution in [0.2, 0.25) is 0 Å². The molecule has 0 fully saturated rings. The first-order chi connectivity index (χ1) is 8.16. The van der Waals surface area contributed by atoms with Crippen molar-refractivity contribution in [3.8, 4) is 11.5 Å². The van der Waals surface area contributed by atoms with Crippen molar-refractivity contribution in [1.82, 2.24) is 4.90 Å². The van der Waals surface area contributed by atoms with Gasteiger partial charge in [-0.2, -0.15) is 0 Å². The molecule has 0 aliphatic rings. The molecule has 0 aromatic heterocycles. The lowest BCUT2D eigenvalue weighted by Gasteiger charge is -2.39. The SMILES string of the molecule is CC(c1c(O)cccc1O)N(C)C(C)C(C)(C)C. The Morgan fingerprint density at radius 1 is 1.06 bits per heavy atom. The maximum atomic E-state index is 9.91. The van der Waals surface area contributed by atoms with Crippen LogP contribution in [0.1, 0.15) is 46.2 Å². The van der Waals surface area contributed by atoms with Crippen LogP contribution in [0.25, 0.3) is 0 Å². The summed E-state index contributed by atoms with van der Waals surface area (Å²) in [6.45, 7) is 10.7. The molecule has 2 N–H and O–H groups in total. The number of phenolic OH excluding ortho intramolecular Hbond substituents is 2. The first kappa shape index (κ1) is 14.8. The Morgan fingerprint density at radius 2 is 1.50 bits per heavy atom. The third-order valence-corrected chi connectivity index (χ3v) is 3.95. The van der Waals surface area contributed by atoms with Gasteiger partial charge in [0.25, 0.3) is 0 Å². The molecule has 0 spiro atoms. The fourth-order valence-electron chi connectivity index (χ4n) is 2.12. The minimum Gasteiger partial charge on any atom is -0.507 e. The Bertz CT molecular complexity index is 389. The van der Waals surface area contributed by atoms with Crippen LogP contribution in [-0.4, -0.2) is 28.2 Å². The van der Waals surface area contributed by atoms with E-state index in [1.807, 2.05) is 14.0 Å². The number of phenols is 2. The van der Waals surface area contributed by atoms with Crippen LogP contribution in [0.3, 0.4) is 0 Å². The van der Waals surface area contributed by atoms with Gasteiger partial charge in [-0.1, -0.05) is 26.8 Å². The normalized spacial score (nSPS) is 15.7. The third kappa shape index (κ3) is 2.96. The molecule has 0 heterocycles. The summed E-state index contributed by atoms with van der Waals surface area (Å²) in [5.41, 5.74) is 0.736. The molecule has 18 heavy (non-hydrogen) atoms. The second-order valence-corrected chi connectivity index (χ2v) is 6.09. The summed E-state index contributed by atoms with van der Waals surface area (Å²) >= 11 is 0. The lowest BCUT2D eigenvalue weighted by Crippen LogP contribution is -2.40. The second-order valence-electron chi connectivity index (χ2n) is 6.09. The van der Waals surface area contributed by atoms with Gasteiger partial charge in [-0.25, -0.2) is 0 Å². The van der Waals surface area contributed by atoms with E-state index in [4.69, 9.17) is 0 Å². The van der Waals surface area contributed by atoms with Crippen molar-refractivity contribution >= 4 is 0 Å². The van der Waals surface area contributed by atoms with E-state index in [9.17, 15) is 10.2 Å². The van der Waals surface area contributed by atoms with Crippen LogP contribution < -0.4 is 0 Å². The minimum atomic E-state index is -0.0413. The molecule has 1 rings (SSSR count). The molecule has 0 amide bonds. The van der Waals surface area contributed by atoms with Crippen molar-refractivity contribution in [2.75, 3.05) is 7.05 Å². The topological polar surface area (TPSA) is 43.7 Å². The van der Waals surface area contributed by atoms with Crippen LogP contribution >= 0.6 is 0 Å². The van der Waals surface area contributed by atoms with E-state index < -0.39 is 0 Å². The second kappa shape index (κ2) is 5.19. The van der Waals surface area contributed by atoms with E-state index in [1.165, 1.54) is 0 Å². The quantitative estimate of drug-likeness (QED) is 0.863. The van der Waals surface area contributed by atoms with Crippen molar-refractivity contribution in [3.05, 3.63) is 23.8 Å².